The Morgan fingerprint density at radius 2 is 1.94 bits per heavy atom. The first kappa shape index (κ1) is 13.5. The number of hydrogen-bond acceptors (Lipinski definition) is 2. The fraction of sp³-hybridized carbons (Fsp3) is 0.462. The molecule has 1 aromatic rings. The van der Waals surface area contributed by atoms with Gasteiger partial charge in [0.2, 0.25) is 0 Å². The highest BCUT2D eigenvalue weighted by Gasteiger charge is 2.28. The Bertz CT molecular complexity index is 421. The number of carboxylic acid groups (broad SMARTS) is 1. The molecule has 0 aliphatic heterocycles. The molecular formula is C13H19NO3. The number of carbonyl (C=O) groups is 1. The number of rotatable bonds is 2. The van der Waals surface area contributed by atoms with Gasteiger partial charge >= 0.3 is 6.09 Å². The minimum Gasteiger partial charge on any atom is -0.465 e. The van der Waals surface area contributed by atoms with Gasteiger partial charge in [0.15, 0.2) is 0 Å². The molecule has 1 amide bonds. The van der Waals surface area contributed by atoms with Gasteiger partial charge < -0.3 is 10.2 Å². The normalized spacial score (nSPS) is 11.4. The minimum atomic E-state index is -0.990. The molecule has 0 bridgehead atoms. The zero-order chi connectivity index (χ0) is 13.2. The van der Waals surface area contributed by atoms with Crippen LogP contribution >= 0.6 is 0 Å². The van der Waals surface area contributed by atoms with Gasteiger partial charge in [-0.25, -0.2) is 4.79 Å². The van der Waals surface area contributed by atoms with E-state index in [-0.39, 0.29) is 6.61 Å². The van der Waals surface area contributed by atoms with Crippen molar-refractivity contribution in [1.82, 2.24) is 0 Å². The molecule has 0 spiro atoms. The summed E-state index contributed by atoms with van der Waals surface area (Å²) in [6, 6.07) is 5.33. The minimum absolute atomic E-state index is 0.0924. The van der Waals surface area contributed by atoms with Crippen LogP contribution in [0.1, 0.15) is 31.9 Å². The van der Waals surface area contributed by atoms with E-state index in [1.165, 1.54) is 4.90 Å². The molecule has 0 fully saturated rings. The summed E-state index contributed by atoms with van der Waals surface area (Å²) in [7, 11) is 0. The van der Waals surface area contributed by atoms with E-state index in [9.17, 15) is 9.90 Å². The Morgan fingerprint density at radius 1 is 1.35 bits per heavy atom. The summed E-state index contributed by atoms with van der Waals surface area (Å²) in [6.45, 7) is 7.29. The summed E-state index contributed by atoms with van der Waals surface area (Å²) in [5.74, 6) is 0. The first-order valence-corrected chi connectivity index (χ1v) is 5.51. The molecule has 94 valence electrons. The molecule has 0 saturated carbocycles. The van der Waals surface area contributed by atoms with Crippen LogP contribution in [0.2, 0.25) is 0 Å². The molecule has 1 aromatic carbocycles. The highest BCUT2D eigenvalue weighted by molar-refractivity contribution is 5.88. The number of amides is 1. The van der Waals surface area contributed by atoms with Crippen LogP contribution in [-0.4, -0.2) is 21.8 Å². The average molecular weight is 237 g/mol. The molecule has 0 saturated heterocycles. The first-order valence-electron chi connectivity index (χ1n) is 5.51. The van der Waals surface area contributed by atoms with E-state index in [1.54, 1.807) is 12.1 Å². The summed E-state index contributed by atoms with van der Waals surface area (Å²) in [5, 5.41) is 18.4. The third kappa shape index (κ3) is 2.97. The van der Waals surface area contributed by atoms with E-state index in [0.29, 0.717) is 11.3 Å². The van der Waals surface area contributed by atoms with E-state index >= 15 is 0 Å². The maximum atomic E-state index is 11.4. The third-order valence-corrected chi connectivity index (χ3v) is 2.56. The smallest absolute Gasteiger partial charge is 0.412 e. The van der Waals surface area contributed by atoms with Crippen LogP contribution in [0.4, 0.5) is 10.5 Å². The highest BCUT2D eigenvalue weighted by Crippen LogP contribution is 2.28. The number of nitrogens with zero attached hydrogens (tertiary/aromatic N) is 1. The van der Waals surface area contributed by atoms with Crippen molar-refractivity contribution in [3.8, 4) is 0 Å². The molecule has 0 aromatic heterocycles. The van der Waals surface area contributed by atoms with Crippen molar-refractivity contribution in [2.75, 3.05) is 4.90 Å². The van der Waals surface area contributed by atoms with Crippen LogP contribution in [0, 0.1) is 6.92 Å². The van der Waals surface area contributed by atoms with Crippen LogP contribution < -0.4 is 4.90 Å². The van der Waals surface area contributed by atoms with Gasteiger partial charge in [-0.1, -0.05) is 12.1 Å². The van der Waals surface area contributed by atoms with Gasteiger partial charge in [0, 0.05) is 5.54 Å². The summed E-state index contributed by atoms with van der Waals surface area (Å²) in [4.78, 5) is 12.7. The summed E-state index contributed by atoms with van der Waals surface area (Å²) < 4.78 is 0. The van der Waals surface area contributed by atoms with Crippen LogP contribution in [-0.2, 0) is 6.61 Å². The lowest BCUT2D eigenvalue weighted by Crippen LogP contribution is -2.45. The van der Waals surface area contributed by atoms with Crippen molar-refractivity contribution >= 4 is 11.8 Å². The number of anilines is 1. The van der Waals surface area contributed by atoms with Crippen molar-refractivity contribution < 1.29 is 15.0 Å². The first-order chi connectivity index (χ1) is 7.77. The molecule has 2 N–H and O–H groups in total. The number of aliphatic hydroxyl groups excluding tert-OH is 1. The van der Waals surface area contributed by atoms with E-state index in [4.69, 9.17) is 5.11 Å². The van der Waals surface area contributed by atoms with Crippen LogP contribution in [0.15, 0.2) is 18.2 Å². The Morgan fingerprint density at radius 3 is 2.35 bits per heavy atom. The van der Waals surface area contributed by atoms with Crippen molar-refractivity contribution in [2.24, 2.45) is 0 Å². The summed E-state index contributed by atoms with van der Waals surface area (Å²) in [6.07, 6.45) is -0.990. The van der Waals surface area contributed by atoms with Gasteiger partial charge in [-0.3, -0.25) is 4.90 Å². The van der Waals surface area contributed by atoms with Crippen molar-refractivity contribution in [3.63, 3.8) is 0 Å². The average Bonchev–Trinajstić information content (AvgIpc) is 2.18. The Labute approximate surface area is 101 Å². The Kier molecular flexibility index (Phi) is 3.78. The quantitative estimate of drug-likeness (QED) is 0.831. The molecule has 0 heterocycles. The van der Waals surface area contributed by atoms with Gasteiger partial charge in [-0.15, -0.1) is 0 Å². The van der Waals surface area contributed by atoms with Crippen LogP contribution in [0.5, 0.6) is 0 Å². The topological polar surface area (TPSA) is 60.8 Å². The maximum Gasteiger partial charge on any atom is 0.412 e. The molecule has 17 heavy (non-hydrogen) atoms. The number of hydrogen-bond donors (Lipinski definition) is 2. The summed E-state index contributed by atoms with van der Waals surface area (Å²) >= 11 is 0. The Hall–Kier alpha value is -1.55. The van der Waals surface area contributed by atoms with E-state index in [2.05, 4.69) is 0 Å². The van der Waals surface area contributed by atoms with Crippen molar-refractivity contribution in [3.05, 3.63) is 29.3 Å². The molecule has 0 aliphatic rings. The molecule has 0 aliphatic carbocycles. The zero-order valence-corrected chi connectivity index (χ0v) is 10.7. The van der Waals surface area contributed by atoms with Gasteiger partial charge in [0.05, 0.1) is 12.3 Å². The van der Waals surface area contributed by atoms with Crippen LogP contribution in [0.3, 0.4) is 0 Å². The van der Waals surface area contributed by atoms with Gasteiger partial charge in [-0.05, 0) is 44.9 Å². The standard InChI is InChI=1S/C13H19NO3/c1-9-5-6-10(8-15)7-11(9)14(12(16)17)13(2,3)4/h5-7,15H,8H2,1-4H3,(H,16,17). The number of aryl methyl sites for hydroxylation is 1. The molecule has 0 unspecified atom stereocenters. The predicted molar refractivity (Wildman–Crippen MR) is 67.4 cm³/mol. The molecule has 1 rings (SSSR count). The fourth-order valence-electron chi connectivity index (χ4n) is 1.75. The second kappa shape index (κ2) is 4.75. The number of benzene rings is 1. The van der Waals surface area contributed by atoms with Crippen molar-refractivity contribution in [2.45, 2.75) is 39.8 Å². The Balaban J connectivity index is 3.32. The lowest BCUT2D eigenvalue weighted by molar-refractivity contribution is 0.195. The SMILES string of the molecule is Cc1ccc(CO)cc1N(C(=O)O)C(C)(C)C. The van der Waals surface area contributed by atoms with E-state index in [0.717, 1.165) is 5.56 Å². The monoisotopic (exact) mass is 237 g/mol. The lowest BCUT2D eigenvalue weighted by atomic mass is 10.0. The van der Waals surface area contributed by atoms with E-state index < -0.39 is 11.6 Å². The zero-order valence-electron chi connectivity index (χ0n) is 10.7. The lowest BCUT2D eigenvalue weighted by Gasteiger charge is -2.34. The third-order valence-electron chi connectivity index (χ3n) is 2.56. The fourth-order valence-corrected chi connectivity index (χ4v) is 1.75. The maximum absolute atomic E-state index is 11.4. The highest BCUT2D eigenvalue weighted by atomic mass is 16.4. The molecule has 0 radical (unpaired) electrons. The molecular weight excluding hydrogens is 218 g/mol. The molecule has 0 atom stereocenters. The van der Waals surface area contributed by atoms with Gasteiger partial charge in [0.25, 0.3) is 0 Å². The van der Waals surface area contributed by atoms with Gasteiger partial charge in [-0.2, -0.15) is 0 Å². The summed E-state index contributed by atoms with van der Waals surface area (Å²) in [5.41, 5.74) is 1.68. The predicted octanol–water partition coefficient (Wildman–Crippen LogP) is 2.77. The number of aliphatic hydroxyl groups is 1. The second-order valence-corrected chi connectivity index (χ2v) is 5.07. The van der Waals surface area contributed by atoms with Gasteiger partial charge in [0.1, 0.15) is 0 Å². The largest absolute Gasteiger partial charge is 0.465 e. The van der Waals surface area contributed by atoms with E-state index in [1.807, 2.05) is 33.8 Å². The van der Waals surface area contributed by atoms with Crippen molar-refractivity contribution in [1.29, 1.82) is 0 Å². The molecule has 4 nitrogen and oxygen atoms in total. The second-order valence-electron chi connectivity index (χ2n) is 5.07. The molecule has 4 heteroatoms. The van der Waals surface area contributed by atoms with Crippen LogP contribution in [0.25, 0.3) is 0 Å².